The second kappa shape index (κ2) is 6.06. The van der Waals surface area contributed by atoms with Gasteiger partial charge < -0.3 is 10.2 Å². The van der Waals surface area contributed by atoms with Crippen molar-refractivity contribution in [1.29, 1.82) is 0 Å². The highest BCUT2D eigenvalue weighted by atomic mass is 32.1. The number of halogens is 1. The topological polar surface area (TPSA) is 28.2 Å². The smallest absolute Gasteiger partial charge is 0.183 e. The van der Waals surface area contributed by atoms with E-state index in [2.05, 4.69) is 22.1 Å². The van der Waals surface area contributed by atoms with Crippen molar-refractivity contribution in [2.45, 2.75) is 19.8 Å². The third-order valence-corrected chi connectivity index (χ3v) is 5.04. The van der Waals surface area contributed by atoms with E-state index in [0.29, 0.717) is 0 Å². The molecule has 0 atom stereocenters. The van der Waals surface area contributed by atoms with Crippen molar-refractivity contribution < 1.29 is 4.39 Å². The van der Waals surface area contributed by atoms with Crippen molar-refractivity contribution in [3.63, 3.8) is 0 Å². The van der Waals surface area contributed by atoms with Crippen molar-refractivity contribution in [2.24, 2.45) is 5.92 Å². The Morgan fingerprint density at radius 2 is 2.20 bits per heavy atom. The van der Waals surface area contributed by atoms with Gasteiger partial charge >= 0.3 is 0 Å². The summed E-state index contributed by atoms with van der Waals surface area (Å²) in [6.07, 6.45) is 2.50. The fourth-order valence-corrected chi connectivity index (χ4v) is 3.57. The van der Waals surface area contributed by atoms with Crippen LogP contribution in [-0.4, -0.2) is 36.1 Å². The molecule has 2 aromatic rings. The minimum absolute atomic E-state index is 0.221. The Bertz CT molecular complexity index is 576. The molecular formula is C15H20FN3S. The molecule has 0 bridgehead atoms. The van der Waals surface area contributed by atoms with Gasteiger partial charge in [0.1, 0.15) is 5.82 Å². The SMILES string of the molecule is CCN1CCC(CNc2nc3cc(F)ccc3s2)CC1. The number of aromatic nitrogens is 1. The Labute approximate surface area is 122 Å². The van der Waals surface area contributed by atoms with Gasteiger partial charge in [0.15, 0.2) is 5.13 Å². The van der Waals surface area contributed by atoms with Gasteiger partial charge in [0.05, 0.1) is 10.2 Å². The number of rotatable bonds is 4. The Morgan fingerprint density at radius 3 is 2.95 bits per heavy atom. The predicted molar refractivity (Wildman–Crippen MR) is 82.9 cm³/mol. The number of hydrogen-bond donors (Lipinski definition) is 1. The molecule has 108 valence electrons. The van der Waals surface area contributed by atoms with Gasteiger partial charge in [-0.25, -0.2) is 9.37 Å². The zero-order valence-electron chi connectivity index (χ0n) is 11.7. The van der Waals surface area contributed by atoms with Gasteiger partial charge in [-0.1, -0.05) is 18.3 Å². The molecule has 1 aliphatic rings. The first-order valence-corrected chi connectivity index (χ1v) is 8.08. The third kappa shape index (κ3) is 3.10. The number of piperidine rings is 1. The highest BCUT2D eigenvalue weighted by Crippen LogP contribution is 2.27. The maximum Gasteiger partial charge on any atom is 0.183 e. The van der Waals surface area contributed by atoms with Gasteiger partial charge in [0.25, 0.3) is 0 Å². The summed E-state index contributed by atoms with van der Waals surface area (Å²) >= 11 is 1.60. The molecule has 5 heteroatoms. The highest BCUT2D eigenvalue weighted by molar-refractivity contribution is 7.22. The van der Waals surface area contributed by atoms with Crippen LogP contribution in [0.4, 0.5) is 9.52 Å². The fraction of sp³-hybridized carbons (Fsp3) is 0.533. The number of fused-ring (bicyclic) bond motifs is 1. The molecule has 20 heavy (non-hydrogen) atoms. The predicted octanol–water partition coefficient (Wildman–Crippen LogP) is 3.58. The third-order valence-electron chi connectivity index (χ3n) is 4.05. The van der Waals surface area contributed by atoms with Crippen molar-refractivity contribution in [3.05, 3.63) is 24.0 Å². The summed E-state index contributed by atoms with van der Waals surface area (Å²) in [6.45, 7) is 6.75. The molecule has 1 saturated heterocycles. The van der Waals surface area contributed by atoms with E-state index in [0.717, 1.165) is 34.4 Å². The van der Waals surface area contributed by atoms with E-state index in [9.17, 15) is 4.39 Å². The monoisotopic (exact) mass is 293 g/mol. The van der Waals surface area contributed by atoms with E-state index in [1.54, 1.807) is 17.4 Å². The van der Waals surface area contributed by atoms with E-state index >= 15 is 0 Å². The number of nitrogens with zero attached hydrogens (tertiary/aromatic N) is 2. The summed E-state index contributed by atoms with van der Waals surface area (Å²) in [5, 5.41) is 4.33. The molecule has 0 saturated carbocycles. The minimum atomic E-state index is -0.221. The Kier molecular flexibility index (Phi) is 4.17. The quantitative estimate of drug-likeness (QED) is 0.934. The van der Waals surface area contributed by atoms with Crippen LogP contribution in [0.15, 0.2) is 18.2 Å². The molecule has 0 radical (unpaired) electrons. The number of thiazole rings is 1. The molecular weight excluding hydrogens is 273 g/mol. The molecule has 0 amide bonds. The lowest BCUT2D eigenvalue weighted by molar-refractivity contribution is 0.198. The molecule has 1 N–H and O–H groups in total. The molecule has 0 aliphatic carbocycles. The maximum atomic E-state index is 13.1. The number of anilines is 1. The summed E-state index contributed by atoms with van der Waals surface area (Å²) in [7, 11) is 0. The van der Waals surface area contributed by atoms with Crippen LogP contribution < -0.4 is 5.32 Å². The van der Waals surface area contributed by atoms with Crippen LogP contribution in [0.5, 0.6) is 0 Å². The molecule has 1 aliphatic heterocycles. The average molecular weight is 293 g/mol. The summed E-state index contributed by atoms with van der Waals surface area (Å²) in [5.41, 5.74) is 0.748. The van der Waals surface area contributed by atoms with Crippen LogP contribution in [0.2, 0.25) is 0 Å². The van der Waals surface area contributed by atoms with Crippen molar-refractivity contribution >= 4 is 26.7 Å². The first kappa shape index (κ1) is 13.8. The molecule has 2 heterocycles. The lowest BCUT2D eigenvalue weighted by Crippen LogP contribution is -2.35. The van der Waals surface area contributed by atoms with Gasteiger partial charge in [-0.15, -0.1) is 0 Å². The number of benzene rings is 1. The van der Waals surface area contributed by atoms with Gasteiger partial charge in [0, 0.05) is 12.6 Å². The maximum absolute atomic E-state index is 13.1. The van der Waals surface area contributed by atoms with Crippen LogP contribution in [0, 0.1) is 11.7 Å². The molecule has 1 aromatic heterocycles. The van der Waals surface area contributed by atoms with E-state index in [1.807, 2.05) is 0 Å². The summed E-state index contributed by atoms with van der Waals surface area (Å²) in [5.74, 6) is 0.503. The normalized spacial score (nSPS) is 17.7. The lowest BCUT2D eigenvalue weighted by Gasteiger charge is -2.30. The van der Waals surface area contributed by atoms with E-state index < -0.39 is 0 Å². The van der Waals surface area contributed by atoms with Crippen molar-refractivity contribution in [2.75, 3.05) is 31.5 Å². The molecule has 0 spiro atoms. The highest BCUT2D eigenvalue weighted by Gasteiger charge is 2.18. The molecule has 1 fully saturated rings. The van der Waals surface area contributed by atoms with E-state index in [1.165, 1.54) is 38.1 Å². The van der Waals surface area contributed by atoms with Gasteiger partial charge in [-0.2, -0.15) is 0 Å². The molecule has 0 unspecified atom stereocenters. The van der Waals surface area contributed by atoms with E-state index in [4.69, 9.17) is 0 Å². The summed E-state index contributed by atoms with van der Waals surface area (Å²) in [4.78, 5) is 6.94. The van der Waals surface area contributed by atoms with Crippen LogP contribution in [0.1, 0.15) is 19.8 Å². The fourth-order valence-electron chi connectivity index (χ4n) is 2.71. The zero-order valence-corrected chi connectivity index (χ0v) is 12.5. The Balaban J connectivity index is 1.57. The van der Waals surface area contributed by atoms with Crippen LogP contribution in [-0.2, 0) is 0 Å². The number of hydrogen-bond acceptors (Lipinski definition) is 4. The van der Waals surface area contributed by atoms with E-state index in [-0.39, 0.29) is 5.82 Å². The summed E-state index contributed by atoms with van der Waals surface area (Å²) in [6, 6.07) is 4.79. The Morgan fingerprint density at radius 1 is 1.40 bits per heavy atom. The summed E-state index contributed by atoms with van der Waals surface area (Å²) < 4.78 is 14.2. The van der Waals surface area contributed by atoms with Gasteiger partial charge in [-0.05, 0) is 50.5 Å². The van der Waals surface area contributed by atoms with Crippen molar-refractivity contribution in [3.8, 4) is 0 Å². The number of nitrogens with one attached hydrogen (secondary N) is 1. The second-order valence-electron chi connectivity index (χ2n) is 5.39. The Hall–Kier alpha value is -1.20. The minimum Gasteiger partial charge on any atom is -0.361 e. The first-order valence-electron chi connectivity index (χ1n) is 7.27. The average Bonchev–Trinajstić information content (AvgIpc) is 2.87. The van der Waals surface area contributed by atoms with Crippen LogP contribution >= 0.6 is 11.3 Å². The molecule has 3 rings (SSSR count). The van der Waals surface area contributed by atoms with Crippen LogP contribution in [0.3, 0.4) is 0 Å². The number of likely N-dealkylation sites (tertiary alicyclic amines) is 1. The standard InChI is InChI=1S/C15H20FN3S/c1-2-19-7-5-11(6-8-19)10-17-15-18-13-9-12(16)3-4-14(13)20-15/h3-4,9,11H,2,5-8,10H2,1H3,(H,17,18). The molecule has 3 nitrogen and oxygen atoms in total. The van der Waals surface area contributed by atoms with Gasteiger partial charge in [-0.3, -0.25) is 0 Å². The largest absolute Gasteiger partial charge is 0.361 e. The molecule has 1 aromatic carbocycles. The van der Waals surface area contributed by atoms with Gasteiger partial charge in [0.2, 0.25) is 0 Å². The lowest BCUT2D eigenvalue weighted by atomic mass is 9.97. The van der Waals surface area contributed by atoms with Crippen molar-refractivity contribution in [1.82, 2.24) is 9.88 Å². The zero-order chi connectivity index (χ0) is 13.9. The second-order valence-corrected chi connectivity index (χ2v) is 6.42. The first-order chi connectivity index (χ1) is 9.74. The van der Waals surface area contributed by atoms with Crippen LogP contribution in [0.25, 0.3) is 10.2 Å².